The van der Waals surface area contributed by atoms with Crippen LogP contribution in [-0.2, 0) is 11.3 Å². The molecule has 30 heavy (non-hydrogen) atoms. The quantitative estimate of drug-likeness (QED) is 0.599. The van der Waals surface area contributed by atoms with Crippen LogP contribution in [0.5, 0.6) is 5.75 Å². The second-order valence-electron chi connectivity index (χ2n) is 6.27. The number of ether oxygens (including phenoxy) is 2. The molecule has 0 heterocycles. The first-order valence-corrected chi connectivity index (χ1v) is 10.7. The molecule has 6 nitrogen and oxygen atoms in total. The van der Waals surface area contributed by atoms with E-state index in [1.165, 1.54) is 14.1 Å². The topological polar surface area (TPSA) is 76.7 Å². The molecule has 154 valence electrons. The van der Waals surface area contributed by atoms with Gasteiger partial charge in [0.25, 0.3) is 0 Å². The first-order chi connectivity index (χ1) is 14.6. The van der Waals surface area contributed by atoms with Crippen LogP contribution in [0.4, 0.5) is 9.59 Å². The summed E-state index contributed by atoms with van der Waals surface area (Å²) in [6.45, 7) is 0.111. The Morgan fingerprint density at radius 3 is 1.90 bits per heavy atom. The van der Waals surface area contributed by atoms with Gasteiger partial charge in [-0.05, 0) is 36.2 Å². The molecule has 3 aromatic carbocycles. The summed E-state index contributed by atoms with van der Waals surface area (Å²) < 4.78 is 10.8. The monoisotopic (exact) mass is 422 g/mol. The molecule has 0 aliphatic rings. The summed E-state index contributed by atoms with van der Waals surface area (Å²) in [5.74, 6) is 0.469. The molecular weight excluding hydrogens is 399 g/mol. The lowest BCUT2D eigenvalue weighted by atomic mass is 10.2. The Morgan fingerprint density at radius 2 is 1.37 bits per heavy atom. The third-order valence-electron chi connectivity index (χ3n) is 4.27. The Labute approximate surface area is 177 Å². The van der Waals surface area contributed by atoms with Gasteiger partial charge in [0.15, 0.2) is 0 Å². The van der Waals surface area contributed by atoms with Crippen molar-refractivity contribution in [2.75, 3.05) is 14.1 Å². The predicted octanol–water partition coefficient (Wildman–Crippen LogP) is 3.02. The summed E-state index contributed by atoms with van der Waals surface area (Å²) in [5.41, 5.74) is 0.803. The van der Waals surface area contributed by atoms with Crippen LogP contribution in [0.15, 0.2) is 78.9 Å². The number of alkyl carbamates (subject to hydrolysis) is 1. The predicted molar refractivity (Wildman–Crippen MR) is 119 cm³/mol. The van der Waals surface area contributed by atoms with Gasteiger partial charge in [-0.2, -0.15) is 0 Å². The second-order valence-corrected chi connectivity index (χ2v) is 8.46. The fraction of sp³-hybridized carbons (Fsp3) is 0.130. The summed E-state index contributed by atoms with van der Waals surface area (Å²) in [7, 11) is 2.02. The van der Waals surface area contributed by atoms with Crippen LogP contribution in [0.25, 0.3) is 0 Å². The second kappa shape index (κ2) is 10.4. The van der Waals surface area contributed by atoms with Crippen molar-refractivity contribution in [3.8, 4) is 5.75 Å². The minimum absolute atomic E-state index is 0.111. The Balaban J connectivity index is 2.10. The first kappa shape index (κ1) is 21.3. The van der Waals surface area contributed by atoms with Gasteiger partial charge in [-0.25, -0.2) is 9.59 Å². The highest BCUT2D eigenvalue weighted by Crippen LogP contribution is 2.37. The van der Waals surface area contributed by atoms with Gasteiger partial charge in [-0.3, -0.25) is 0 Å². The highest BCUT2D eigenvalue weighted by molar-refractivity contribution is 7.80. The van der Waals surface area contributed by atoms with E-state index in [4.69, 9.17) is 9.47 Å². The highest BCUT2D eigenvalue weighted by atomic mass is 31.1. The zero-order chi connectivity index (χ0) is 21.3. The van der Waals surface area contributed by atoms with Gasteiger partial charge >= 0.3 is 12.2 Å². The van der Waals surface area contributed by atoms with E-state index in [0.717, 1.165) is 21.5 Å². The first-order valence-electron chi connectivity index (χ1n) is 9.39. The summed E-state index contributed by atoms with van der Waals surface area (Å²) in [6, 6.07) is 25.6. The van der Waals surface area contributed by atoms with Crippen LogP contribution in [0.2, 0.25) is 0 Å². The molecule has 0 bridgehead atoms. The molecule has 0 atom stereocenters. The van der Waals surface area contributed by atoms with Crippen molar-refractivity contribution in [3.63, 3.8) is 0 Å². The normalized spacial score (nSPS) is 10.4. The maximum absolute atomic E-state index is 12.0. The fourth-order valence-corrected chi connectivity index (χ4v) is 5.30. The summed E-state index contributed by atoms with van der Waals surface area (Å²) in [4.78, 5) is 23.5. The van der Waals surface area contributed by atoms with E-state index in [9.17, 15) is 9.59 Å². The molecule has 0 radical (unpaired) electrons. The third-order valence-corrected chi connectivity index (χ3v) is 6.73. The van der Waals surface area contributed by atoms with Gasteiger partial charge in [0, 0.05) is 19.4 Å². The number of benzene rings is 3. The number of hydrogen-bond acceptors (Lipinski definition) is 4. The number of carbonyl (C=O) groups excluding carboxylic acids is 2. The number of amides is 2. The summed E-state index contributed by atoms with van der Waals surface area (Å²) in [6.07, 6.45) is -1.04. The number of carbonyl (C=O) groups is 2. The maximum Gasteiger partial charge on any atom is 0.412 e. The van der Waals surface area contributed by atoms with E-state index in [-0.39, 0.29) is 6.61 Å². The third kappa shape index (κ3) is 5.37. The molecular formula is C23H23N2O4P. The number of nitrogens with one attached hydrogen (secondary N) is 2. The average molecular weight is 422 g/mol. The molecule has 0 aliphatic carbocycles. The van der Waals surface area contributed by atoms with Crippen molar-refractivity contribution < 1.29 is 19.1 Å². The van der Waals surface area contributed by atoms with Crippen LogP contribution < -0.4 is 31.3 Å². The Bertz CT molecular complexity index is 957. The lowest BCUT2D eigenvalue weighted by Gasteiger charge is -2.22. The van der Waals surface area contributed by atoms with Crippen molar-refractivity contribution in [3.05, 3.63) is 84.4 Å². The van der Waals surface area contributed by atoms with Gasteiger partial charge in [0.1, 0.15) is 12.4 Å². The van der Waals surface area contributed by atoms with Gasteiger partial charge in [-0.1, -0.05) is 66.7 Å². The number of rotatable bonds is 6. The zero-order valence-electron chi connectivity index (χ0n) is 16.8. The minimum atomic E-state index is -1.01. The van der Waals surface area contributed by atoms with E-state index >= 15 is 0 Å². The minimum Gasteiger partial charge on any atom is -0.445 e. The maximum atomic E-state index is 12.0. The highest BCUT2D eigenvalue weighted by Gasteiger charge is 2.22. The van der Waals surface area contributed by atoms with E-state index in [1.54, 1.807) is 12.1 Å². The van der Waals surface area contributed by atoms with Crippen molar-refractivity contribution in [1.29, 1.82) is 0 Å². The molecule has 0 saturated carbocycles. The smallest absolute Gasteiger partial charge is 0.412 e. The molecule has 0 aromatic heterocycles. The van der Waals surface area contributed by atoms with Crippen LogP contribution in [0.1, 0.15) is 5.56 Å². The Morgan fingerprint density at radius 1 is 0.800 bits per heavy atom. The van der Waals surface area contributed by atoms with Crippen LogP contribution in [0, 0.1) is 0 Å². The van der Waals surface area contributed by atoms with Gasteiger partial charge in [0.05, 0.1) is 0 Å². The average Bonchev–Trinajstić information content (AvgIpc) is 2.80. The summed E-state index contributed by atoms with van der Waals surface area (Å²) >= 11 is 0. The van der Waals surface area contributed by atoms with E-state index in [2.05, 4.69) is 34.9 Å². The van der Waals surface area contributed by atoms with Crippen molar-refractivity contribution in [2.24, 2.45) is 0 Å². The van der Waals surface area contributed by atoms with E-state index in [1.807, 2.05) is 42.5 Å². The van der Waals surface area contributed by atoms with Crippen molar-refractivity contribution in [1.82, 2.24) is 10.6 Å². The van der Waals surface area contributed by atoms with Crippen molar-refractivity contribution >= 4 is 36.0 Å². The van der Waals surface area contributed by atoms with Gasteiger partial charge in [0.2, 0.25) is 0 Å². The fourth-order valence-electron chi connectivity index (χ4n) is 2.87. The van der Waals surface area contributed by atoms with E-state index in [0.29, 0.717) is 5.75 Å². The SMILES string of the molecule is CNC(=O)OCc1ccc(OC(=O)NC)c(P(c2ccccc2)c2ccccc2)c1. The molecule has 2 N–H and O–H groups in total. The van der Waals surface area contributed by atoms with E-state index < -0.39 is 20.1 Å². The zero-order valence-corrected chi connectivity index (χ0v) is 17.7. The standard InChI is InChI=1S/C23H23N2O4P/c1-24-22(26)28-16-17-13-14-20(29-23(27)25-2)21(15-17)30(18-9-5-3-6-10-18)19-11-7-4-8-12-19/h3-15H,16H2,1-2H3,(H,24,26)(H,25,27). The number of hydrogen-bond donors (Lipinski definition) is 2. The van der Waals surface area contributed by atoms with Gasteiger partial charge < -0.3 is 20.1 Å². The lowest BCUT2D eigenvalue weighted by Crippen LogP contribution is -2.27. The Hall–Kier alpha value is -3.37. The molecule has 7 heteroatoms. The van der Waals surface area contributed by atoms with Crippen LogP contribution in [-0.4, -0.2) is 26.3 Å². The molecule has 0 aliphatic heterocycles. The Kier molecular flexibility index (Phi) is 7.41. The van der Waals surface area contributed by atoms with Crippen LogP contribution >= 0.6 is 7.92 Å². The lowest BCUT2D eigenvalue weighted by molar-refractivity contribution is 0.142. The molecule has 3 rings (SSSR count). The molecule has 3 aromatic rings. The molecule has 0 fully saturated rings. The molecule has 2 amide bonds. The van der Waals surface area contributed by atoms with Crippen LogP contribution in [0.3, 0.4) is 0 Å². The summed E-state index contributed by atoms with van der Waals surface area (Å²) in [5, 5.41) is 8.02. The van der Waals surface area contributed by atoms with Crippen molar-refractivity contribution in [2.45, 2.75) is 6.61 Å². The molecule has 0 spiro atoms. The largest absolute Gasteiger partial charge is 0.445 e. The molecule has 0 saturated heterocycles. The van der Waals surface area contributed by atoms with Gasteiger partial charge in [-0.15, -0.1) is 0 Å². The molecule has 0 unspecified atom stereocenters.